The Morgan fingerprint density at radius 1 is 1.22 bits per heavy atom. The van der Waals surface area contributed by atoms with Crippen LogP contribution in [0, 0.1) is 11.6 Å². The minimum atomic E-state index is -0.873. The Morgan fingerprint density at radius 2 is 2.04 bits per heavy atom. The van der Waals surface area contributed by atoms with Gasteiger partial charge in [-0.25, -0.2) is 13.8 Å². The van der Waals surface area contributed by atoms with Gasteiger partial charge >= 0.3 is 0 Å². The number of halogens is 2. The molecule has 0 spiro atoms. The van der Waals surface area contributed by atoms with Gasteiger partial charge in [0.1, 0.15) is 5.82 Å². The molecule has 1 aromatic heterocycles. The standard InChI is InChI=1S/C20H23F2N3O2/c21-16-4-3-14(10-17(16)22)18-12-23-20(24-18)13-5-7-25(8-6-13)19(26)11-15-2-1-9-27-15/h3-4,10,12-13,15H,1-2,5-9,11H2,(H,23,24)/t15-/m0/s1. The van der Waals surface area contributed by atoms with Crippen LogP contribution in [0.25, 0.3) is 11.3 Å². The molecule has 7 heteroatoms. The van der Waals surface area contributed by atoms with Crippen molar-refractivity contribution in [2.75, 3.05) is 19.7 Å². The second-order valence-corrected chi connectivity index (χ2v) is 7.31. The number of amides is 1. The molecule has 1 N–H and O–H groups in total. The number of aromatic amines is 1. The molecule has 144 valence electrons. The molecule has 2 aliphatic rings. The highest BCUT2D eigenvalue weighted by atomic mass is 19.2. The topological polar surface area (TPSA) is 58.2 Å². The second kappa shape index (κ2) is 7.76. The van der Waals surface area contributed by atoms with Crippen LogP contribution in [0.2, 0.25) is 0 Å². The lowest BCUT2D eigenvalue weighted by atomic mass is 9.95. The van der Waals surface area contributed by atoms with Gasteiger partial charge in [-0.15, -0.1) is 0 Å². The molecule has 0 saturated carbocycles. The number of hydrogen-bond donors (Lipinski definition) is 1. The fraction of sp³-hybridized carbons (Fsp3) is 0.500. The van der Waals surface area contributed by atoms with Gasteiger partial charge in [-0.05, 0) is 43.9 Å². The molecule has 3 heterocycles. The molecule has 27 heavy (non-hydrogen) atoms. The molecular formula is C20H23F2N3O2. The Morgan fingerprint density at radius 3 is 2.74 bits per heavy atom. The lowest BCUT2D eigenvalue weighted by Crippen LogP contribution is -2.39. The van der Waals surface area contributed by atoms with Crippen LogP contribution in [0.15, 0.2) is 24.4 Å². The Bertz CT molecular complexity index is 809. The highest BCUT2D eigenvalue weighted by Gasteiger charge is 2.28. The average molecular weight is 375 g/mol. The van der Waals surface area contributed by atoms with E-state index in [9.17, 15) is 13.6 Å². The first kappa shape index (κ1) is 18.1. The molecule has 0 bridgehead atoms. The van der Waals surface area contributed by atoms with Crippen LogP contribution < -0.4 is 0 Å². The van der Waals surface area contributed by atoms with E-state index in [1.807, 2.05) is 4.90 Å². The molecule has 4 rings (SSSR count). The zero-order valence-corrected chi connectivity index (χ0v) is 15.1. The van der Waals surface area contributed by atoms with Crippen LogP contribution in [-0.4, -0.2) is 46.6 Å². The van der Waals surface area contributed by atoms with Crippen molar-refractivity contribution in [3.8, 4) is 11.3 Å². The Hall–Kier alpha value is -2.28. The smallest absolute Gasteiger partial charge is 0.225 e. The monoisotopic (exact) mass is 375 g/mol. The number of benzene rings is 1. The van der Waals surface area contributed by atoms with Gasteiger partial charge in [0, 0.05) is 31.2 Å². The van der Waals surface area contributed by atoms with Crippen molar-refractivity contribution in [1.29, 1.82) is 0 Å². The van der Waals surface area contributed by atoms with Crippen LogP contribution in [0.1, 0.15) is 43.8 Å². The summed E-state index contributed by atoms with van der Waals surface area (Å²) in [6, 6.07) is 3.81. The van der Waals surface area contributed by atoms with Crippen LogP contribution in [0.3, 0.4) is 0 Å². The fourth-order valence-corrected chi connectivity index (χ4v) is 3.89. The van der Waals surface area contributed by atoms with Gasteiger partial charge in [-0.2, -0.15) is 0 Å². The summed E-state index contributed by atoms with van der Waals surface area (Å²) in [5.41, 5.74) is 1.23. The molecule has 1 aromatic carbocycles. The number of nitrogens with zero attached hydrogens (tertiary/aromatic N) is 2. The number of hydrogen-bond acceptors (Lipinski definition) is 3. The Labute approximate surface area is 156 Å². The fourth-order valence-electron chi connectivity index (χ4n) is 3.89. The van der Waals surface area contributed by atoms with Crippen molar-refractivity contribution in [2.45, 2.75) is 44.1 Å². The number of carbonyl (C=O) groups excluding carboxylic acids is 1. The third-order valence-electron chi connectivity index (χ3n) is 5.49. The first-order chi connectivity index (χ1) is 13.1. The molecule has 0 aliphatic carbocycles. The second-order valence-electron chi connectivity index (χ2n) is 7.31. The van der Waals surface area contributed by atoms with Crippen LogP contribution in [0.5, 0.6) is 0 Å². The predicted octanol–water partition coefficient (Wildman–Crippen LogP) is 3.63. The van der Waals surface area contributed by atoms with E-state index in [2.05, 4.69) is 9.97 Å². The van der Waals surface area contributed by atoms with E-state index >= 15 is 0 Å². The number of H-pyrrole nitrogens is 1. The van der Waals surface area contributed by atoms with Crippen LogP contribution in [0.4, 0.5) is 8.78 Å². The maximum atomic E-state index is 13.4. The summed E-state index contributed by atoms with van der Waals surface area (Å²) in [5.74, 6) is -0.501. The number of likely N-dealkylation sites (tertiary alicyclic amines) is 1. The molecule has 1 atom stereocenters. The lowest BCUT2D eigenvalue weighted by Gasteiger charge is -2.31. The van der Waals surface area contributed by atoms with Crippen LogP contribution in [-0.2, 0) is 9.53 Å². The Balaban J connectivity index is 1.35. The zero-order valence-electron chi connectivity index (χ0n) is 15.1. The van der Waals surface area contributed by atoms with Gasteiger partial charge in [0.2, 0.25) is 5.91 Å². The summed E-state index contributed by atoms with van der Waals surface area (Å²) >= 11 is 0. The first-order valence-corrected chi connectivity index (χ1v) is 9.50. The minimum Gasteiger partial charge on any atom is -0.378 e. The van der Waals surface area contributed by atoms with Gasteiger partial charge < -0.3 is 14.6 Å². The van der Waals surface area contributed by atoms with Gasteiger partial charge in [0.15, 0.2) is 11.6 Å². The van der Waals surface area contributed by atoms with Crippen molar-refractivity contribution in [2.24, 2.45) is 0 Å². The maximum absolute atomic E-state index is 13.4. The number of carbonyl (C=O) groups is 1. The number of rotatable bonds is 4. The van der Waals surface area contributed by atoms with Crippen molar-refractivity contribution < 1.29 is 18.3 Å². The van der Waals surface area contributed by atoms with Gasteiger partial charge in [-0.1, -0.05) is 0 Å². The summed E-state index contributed by atoms with van der Waals surface area (Å²) in [7, 11) is 0. The Kier molecular flexibility index (Phi) is 5.20. The normalized spacial score (nSPS) is 21.0. The van der Waals surface area contributed by atoms with E-state index in [-0.39, 0.29) is 17.9 Å². The van der Waals surface area contributed by atoms with E-state index in [1.54, 1.807) is 6.20 Å². The number of nitrogens with one attached hydrogen (secondary N) is 1. The van der Waals surface area contributed by atoms with Gasteiger partial charge in [0.05, 0.1) is 24.4 Å². The summed E-state index contributed by atoms with van der Waals surface area (Å²) < 4.78 is 32.1. The third-order valence-corrected chi connectivity index (χ3v) is 5.49. The summed E-state index contributed by atoms with van der Waals surface area (Å²) in [6.07, 6.45) is 5.89. The van der Waals surface area contributed by atoms with Crippen molar-refractivity contribution in [3.63, 3.8) is 0 Å². The van der Waals surface area contributed by atoms with E-state index in [0.717, 1.165) is 44.2 Å². The minimum absolute atomic E-state index is 0.0824. The molecule has 0 radical (unpaired) electrons. The van der Waals surface area contributed by atoms with Gasteiger partial charge in [0.25, 0.3) is 0 Å². The summed E-state index contributed by atoms with van der Waals surface area (Å²) in [4.78, 5) is 22.0. The average Bonchev–Trinajstić information content (AvgIpc) is 3.36. The number of imidazole rings is 1. The molecule has 2 aliphatic heterocycles. The SMILES string of the molecule is O=C(C[C@@H]1CCCO1)N1CCC(c2ncc(-c3ccc(F)c(F)c3)[nH]2)CC1. The van der Waals surface area contributed by atoms with Crippen molar-refractivity contribution in [3.05, 3.63) is 41.9 Å². The number of ether oxygens (including phenoxy) is 1. The predicted molar refractivity (Wildman–Crippen MR) is 96.1 cm³/mol. The molecular weight excluding hydrogens is 352 g/mol. The quantitative estimate of drug-likeness (QED) is 0.888. The largest absolute Gasteiger partial charge is 0.378 e. The third kappa shape index (κ3) is 4.03. The molecule has 1 amide bonds. The summed E-state index contributed by atoms with van der Waals surface area (Å²) in [5, 5.41) is 0. The molecule has 5 nitrogen and oxygen atoms in total. The van der Waals surface area contributed by atoms with E-state index in [0.29, 0.717) is 30.8 Å². The zero-order chi connectivity index (χ0) is 18.8. The van der Waals surface area contributed by atoms with Crippen molar-refractivity contribution >= 4 is 5.91 Å². The highest BCUT2D eigenvalue weighted by Crippen LogP contribution is 2.29. The number of piperidine rings is 1. The lowest BCUT2D eigenvalue weighted by molar-refractivity contribution is -0.134. The first-order valence-electron chi connectivity index (χ1n) is 9.50. The van der Waals surface area contributed by atoms with E-state index < -0.39 is 11.6 Å². The van der Waals surface area contributed by atoms with Gasteiger partial charge in [-0.3, -0.25) is 4.79 Å². The van der Waals surface area contributed by atoms with Crippen molar-refractivity contribution in [1.82, 2.24) is 14.9 Å². The highest BCUT2D eigenvalue weighted by molar-refractivity contribution is 5.76. The molecule has 2 fully saturated rings. The number of aromatic nitrogens is 2. The molecule has 0 unspecified atom stereocenters. The summed E-state index contributed by atoms with van der Waals surface area (Å²) in [6.45, 7) is 2.17. The van der Waals surface area contributed by atoms with Crippen LogP contribution >= 0.6 is 0 Å². The maximum Gasteiger partial charge on any atom is 0.225 e. The van der Waals surface area contributed by atoms with E-state index in [4.69, 9.17) is 4.74 Å². The molecule has 2 aromatic rings. The van der Waals surface area contributed by atoms with E-state index in [1.165, 1.54) is 12.1 Å². The molecule has 2 saturated heterocycles.